The smallest absolute Gasteiger partial charge is 0.338 e. The third-order valence-corrected chi connectivity index (χ3v) is 2.01. The van der Waals surface area contributed by atoms with Crippen LogP contribution in [0.2, 0.25) is 0 Å². The summed E-state index contributed by atoms with van der Waals surface area (Å²) in [5.74, 6) is 0.326. The average molecular weight is 284 g/mol. The van der Waals surface area contributed by atoms with Gasteiger partial charge in [-0.15, -0.1) is 0 Å². The van der Waals surface area contributed by atoms with Gasteiger partial charge in [0.15, 0.2) is 0 Å². The molecule has 0 aliphatic heterocycles. The van der Waals surface area contributed by atoms with Gasteiger partial charge in [-0.1, -0.05) is 13.8 Å². The Labute approximate surface area is 109 Å². The maximum atomic E-state index is 8.52. The molecule has 9 heteroatoms. The normalized spacial score (nSPS) is 10.7. The van der Waals surface area contributed by atoms with Gasteiger partial charge in [-0.05, 0) is 12.8 Å². The second kappa shape index (κ2) is 11.2. The van der Waals surface area contributed by atoms with Crippen LogP contribution in [0, 0.1) is 0 Å². The second-order valence-corrected chi connectivity index (χ2v) is 4.61. The molecule has 0 rings (SSSR count). The predicted octanol–water partition coefficient (Wildman–Crippen LogP) is -4.29. The molecular formula is C9H24N4O4S. The van der Waals surface area contributed by atoms with E-state index in [2.05, 4.69) is 18.8 Å². The number of nitrogens with one attached hydrogen (secondary N) is 2. The van der Waals surface area contributed by atoms with E-state index in [0.717, 1.165) is 13.1 Å². The molecule has 0 aliphatic rings. The molecule has 0 aromatic rings. The van der Waals surface area contributed by atoms with E-state index in [0.29, 0.717) is 5.96 Å². The largest absolute Gasteiger partial charge is 0.759 e. The van der Waals surface area contributed by atoms with Crippen molar-refractivity contribution >= 4 is 16.4 Å². The Hall–Kier alpha value is -0.900. The molecule has 0 atom stereocenters. The van der Waals surface area contributed by atoms with Crippen LogP contribution in [0.1, 0.15) is 26.7 Å². The fraction of sp³-hybridized carbons (Fsp3) is 0.889. The van der Waals surface area contributed by atoms with Crippen molar-refractivity contribution in [2.24, 2.45) is 11.5 Å². The van der Waals surface area contributed by atoms with Crippen molar-refractivity contribution in [1.82, 2.24) is 0 Å². The van der Waals surface area contributed by atoms with E-state index < -0.39 is 10.4 Å². The number of hydrogen-bond acceptors (Lipinski definition) is 4. The summed E-state index contributed by atoms with van der Waals surface area (Å²) < 4.78 is 34.1. The van der Waals surface area contributed by atoms with Crippen LogP contribution in [0.5, 0.6) is 0 Å². The van der Waals surface area contributed by atoms with Crippen LogP contribution in [0.25, 0.3) is 0 Å². The molecule has 0 aromatic carbocycles. The Bertz CT molecular complexity index is 301. The third-order valence-electron chi connectivity index (χ3n) is 2.01. The first-order chi connectivity index (χ1) is 8.20. The Kier molecular flexibility index (Phi) is 12.1. The molecule has 0 saturated carbocycles. The topological polar surface area (TPSA) is 151 Å². The zero-order valence-electron chi connectivity index (χ0n) is 10.9. The Balaban J connectivity index is 0. The van der Waals surface area contributed by atoms with E-state index >= 15 is 0 Å². The first kappa shape index (κ1) is 19.4. The van der Waals surface area contributed by atoms with Gasteiger partial charge in [0, 0.05) is 10.4 Å². The minimum atomic E-state index is -5.17. The third kappa shape index (κ3) is 24.4. The zero-order chi connectivity index (χ0) is 14.6. The van der Waals surface area contributed by atoms with Crippen LogP contribution >= 0.6 is 0 Å². The molecule has 0 aromatic heterocycles. The molecule has 0 spiro atoms. The van der Waals surface area contributed by atoms with Crippen LogP contribution in [-0.4, -0.2) is 49.7 Å². The molecule has 0 saturated heterocycles. The molecule has 0 bridgehead atoms. The monoisotopic (exact) mass is 284 g/mol. The molecule has 6 N–H and O–H groups in total. The molecule has 0 heterocycles. The molecular weight excluding hydrogens is 260 g/mol. The summed E-state index contributed by atoms with van der Waals surface area (Å²) >= 11 is 0. The summed E-state index contributed by atoms with van der Waals surface area (Å²) in [4.78, 5) is 4.57. The minimum absolute atomic E-state index is 0.326. The van der Waals surface area contributed by atoms with Crippen LogP contribution < -0.4 is 21.4 Å². The van der Waals surface area contributed by atoms with E-state index in [1.54, 1.807) is 4.90 Å². The van der Waals surface area contributed by atoms with Gasteiger partial charge in [0.05, 0.1) is 13.1 Å². The highest BCUT2D eigenvalue weighted by atomic mass is 32.3. The average Bonchev–Trinajstić information content (AvgIpc) is 2.15. The lowest BCUT2D eigenvalue weighted by Crippen LogP contribution is -3.14. The van der Waals surface area contributed by atoms with Gasteiger partial charge < -0.3 is 14.0 Å². The van der Waals surface area contributed by atoms with Crippen LogP contribution in [0.4, 0.5) is 0 Å². The van der Waals surface area contributed by atoms with Crippen LogP contribution in [0.3, 0.4) is 0 Å². The Morgan fingerprint density at radius 1 is 1.11 bits per heavy atom. The van der Waals surface area contributed by atoms with Gasteiger partial charge in [-0.3, -0.25) is 24.9 Å². The first-order valence-electron chi connectivity index (χ1n) is 5.82. The molecule has 8 nitrogen and oxygen atoms in total. The summed E-state index contributed by atoms with van der Waals surface area (Å²) in [6, 6.07) is 0. The van der Waals surface area contributed by atoms with Gasteiger partial charge in [0.2, 0.25) is 0 Å². The number of quaternary nitrogens is 1. The maximum Gasteiger partial charge on any atom is 0.338 e. The molecule has 0 unspecified atom stereocenters. The zero-order valence-corrected chi connectivity index (χ0v) is 11.8. The summed E-state index contributed by atoms with van der Waals surface area (Å²) in [5.41, 5.74) is 10.6. The van der Waals surface area contributed by atoms with Crippen LogP contribution in [-0.2, 0) is 10.4 Å². The van der Waals surface area contributed by atoms with E-state index in [-0.39, 0.29) is 0 Å². The second-order valence-electron chi connectivity index (χ2n) is 3.79. The van der Waals surface area contributed by atoms with Crippen molar-refractivity contribution in [1.29, 1.82) is 0 Å². The highest BCUT2D eigenvalue weighted by molar-refractivity contribution is 7.79. The number of hydrogen-bond donors (Lipinski definition) is 4. The lowest BCUT2D eigenvalue weighted by atomic mass is 10.3. The summed E-state index contributed by atoms with van der Waals surface area (Å²) in [7, 11) is -5.17. The van der Waals surface area contributed by atoms with E-state index in [4.69, 9.17) is 29.0 Å². The van der Waals surface area contributed by atoms with E-state index in [9.17, 15) is 0 Å². The van der Waals surface area contributed by atoms with Crippen molar-refractivity contribution in [3.8, 4) is 0 Å². The van der Waals surface area contributed by atoms with Gasteiger partial charge in [0.1, 0.15) is 13.1 Å². The van der Waals surface area contributed by atoms with Crippen molar-refractivity contribution in [2.75, 3.05) is 26.2 Å². The highest BCUT2D eigenvalue weighted by Gasteiger charge is 2.04. The fourth-order valence-electron chi connectivity index (χ4n) is 1.47. The molecule has 18 heavy (non-hydrogen) atoms. The molecule has 110 valence electrons. The quantitative estimate of drug-likeness (QED) is 0.161. The molecule has 0 aliphatic carbocycles. The predicted molar refractivity (Wildman–Crippen MR) is 65.8 cm³/mol. The van der Waals surface area contributed by atoms with Crippen molar-refractivity contribution in [3.63, 3.8) is 0 Å². The minimum Gasteiger partial charge on any atom is -0.759 e. The van der Waals surface area contributed by atoms with E-state index in [1.165, 1.54) is 25.9 Å². The van der Waals surface area contributed by atoms with Gasteiger partial charge >= 0.3 is 5.96 Å². The number of nitrogens with two attached hydrogens (primary N) is 2. The molecule has 0 fully saturated rings. The van der Waals surface area contributed by atoms with Gasteiger partial charge in [-0.25, -0.2) is 0 Å². The summed E-state index contributed by atoms with van der Waals surface area (Å²) in [5, 5.41) is 0. The maximum absolute atomic E-state index is 8.52. The Morgan fingerprint density at radius 2 is 1.50 bits per heavy atom. The molecule has 0 amide bonds. The van der Waals surface area contributed by atoms with Gasteiger partial charge in [-0.2, -0.15) is 0 Å². The van der Waals surface area contributed by atoms with E-state index in [1.807, 2.05) is 0 Å². The fourth-order valence-corrected chi connectivity index (χ4v) is 1.47. The van der Waals surface area contributed by atoms with Crippen molar-refractivity contribution in [3.05, 3.63) is 0 Å². The lowest BCUT2D eigenvalue weighted by molar-refractivity contribution is -0.906. The van der Waals surface area contributed by atoms with Crippen molar-refractivity contribution in [2.45, 2.75) is 26.7 Å². The van der Waals surface area contributed by atoms with Crippen LogP contribution in [0.15, 0.2) is 0 Å². The molecule has 0 radical (unpaired) electrons. The number of guanidine groups is 1. The SMILES string of the molecule is CCC[NH+](CCC)CC[NH+]=C(N)N.O=S(=O)([O-])[O-]. The van der Waals surface area contributed by atoms with Gasteiger partial charge in [0.25, 0.3) is 0 Å². The first-order valence-corrected chi connectivity index (χ1v) is 7.16. The summed E-state index contributed by atoms with van der Waals surface area (Å²) in [6.07, 6.45) is 2.47. The Morgan fingerprint density at radius 3 is 1.78 bits per heavy atom. The summed E-state index contributed by atoms with van der Waals surface area (Å²) in [6.45, 7) is 8.87. The number of rotatable bonds is 7. The highest BCUT2D eigenvalue weighted by Crippen LogP contribution is 1.67. The standard InChI is InChI=1S/C9H22N4.H2O4S/c1-3-6-13(7-4-2)8-5-12-9(10)11;1-5(2,3)4/h3-8H2,1-2H3,(H4,10,11,12);(H2,1,2,3,4). The van der Waals surface area contributed by atoms with Crippen molar-refractivity contribution < 1.29 is 27.4 Å². The lowest BCUT2D eigenvalue weighted by Gasteiger charge is -2.16.